The van der Waals surface area contributed by atoms with Gasteiger partial charge in [-0.05, 0) is 38.3 Å². The SMILES string of the molecule is CC1CCCCN1C(=O)c1ccccc1OC(F)F. The fraction of sp³-hybridized carbons (Fsp3) is 0.500. The second-order valence-corrected chi connectivity index (χ2v) is 4.72. The summed E-state index contributed by atoms with van der Waals surface area (Å²) in [7, 11) is 0. The second kappa shape index (κ2) is 5.99. The zero-order valence-electron chi connectivity index (χ0n) is 10.8. The van der Waals surface area contributed by atoms with Crippen LogP contribution in [0.2, 0.25) is 0 Å². The van der Waals surface area contributed by atoms with Crippen molar-refractivity contribution in [1.82, 2.24) is 4.90 Å². The van der Waals surface area contributed by atoms with E-state index < -0.39 is 6.61 Å². The van der Waals surface area contributed by atoms with Gasteiger partial charge in [-0.25, -0.2) is 0 Å². The number of nitrogens with zero attached hydrogens (tertiary/aromatic N) is 1. The van der Waals surface area contributed by atoms with Gasteiger partial charge in [0.15, 0.2) is 0 Å². The molecule has 1 aliphatic rings. The van der Waals surface area contributed by atoms with Crippen molar-refractivity contribution < 1.29 is 18.3 Å². The Bertz CT molecular complexity index is 451. The zero-order valence-corrected chi connectivity index (χ0v) is 10.8. The number of likely N-dealkylation sites (tertiary alicyclic amines) is 1. The summed E-state index contributed by atoms with van der Waals surface area (Å²) < 4.78 is 29.1. The Labute approximate surface area is 111 Å². The van der Waals surface area contributed by atoms with Crippen LogP contribution in [0.15, 0.2) is 24.3 Å². The number of carbonyl (C=O) groups excluding carboxylic acids is 1. The summed E-state index contributed by atoms with van der Waals surface area (Å²) in [5.41, 5.74) is 0.205. The van der Waals surface area contributed by atoms with Crippen molar-refractivity contribution >= 4 is 5.91 Å². The Kier molecular flexibility index (Phi) is 4.35. The summed E-state index contributed by atoms with van der Waals surface area (Å²) in [4.78, 5) is 14.1. The highest BCUT2D eigenvalue weighted by atomic mass is 19.3. The lowest BCUT2D eigenvalue weighted by atomic mass is 10.0. The maximum atomic E-state index is 12.4. The summed E-state index contributed by atoms with van der Waals surface area (Å²) in [5.74, 6) is -0.288. The van der Waals surface area contributed by atoms with Crippen LogP contribution in [-0.2, 0) is 0 Å². The Balaban J connectivity index is 2.22. The third-order valence-corrected chi connectivity index (χ3v) is 3.40. The van der Waals surface area contributed by atoms with Gasteiger partial charge in [0.1, 0.15) is 5.75 Å². The molecule has 1 heterocycles. The second-order valence-electron chi connectivity index (χ2n) is 4.72. The van der Waals surface area contributed by atoms with Gasteiger partial charge in [-0.15, -0.1) is 0 Å². The van der Waals surface area contributed by atoms with Crippen LogP contribution in [0.25, 0.3) is 0 Å². The topological polar surface area (TPSA) is 29.5 Å². The average Bonchev–Trinajstić information content (AvgIpc) is 2.38. The molecule has 5 heteroatoms. The highest BCUT2D eigenvalue weighted by Gasteiger charge is 2.26. The minimum Gasteiger partial charge on any atom is -0.434 e. The molecule has 19 heavy (non-hydrogen) atoms. The lowest BCUT2D eigenvalue weighted by molar-refractivity contribution is -0.0503. The molecule has 0 aliphatic carbocycles. The molecule has 1 aliphatic heterocycles. The summed E-state index contributed by atoms with van der Waals surface area (Å²) in [6, 6.07) is 6.30. The first-order chi connectivity index (χ1) is 9.09. The minimum absolute atomic E-state index is 0.0553. The zero-order chi connectivity index (χ0) is 13.8. The number of hydrogen-bond donors (Lipinski definition) is 0. The third kappa shape index (κ3) is 3.22. The van der Waals surface area contributed by atoms with Gasteiger partial charge < -0.3 is 9.64 Å². The fourth-order valence-electron chi connectivity index (χ4n) is 2.40. The Morgan fingerprint density at radius 1 is 1.37 bits per heavy atom. The van der Waals surface area contributed by atoms with Gasteiger partial charge in [0.2, 0.25) is 0 Å². The fourth-order valence-corrected chi connectivity index (χ4v) is 2.40. The lowest BCUT2D eigenvalue weighted by Crippen LogP contribution is -2.42. The predicted molar refractivity (Wildman–Crippen MR) is 67.4 cm³/mol. The summed E-state index contributed by atoms with van der Waals surface area (Å²) in [5, 5.41) is 0. The van der Waals surface area contributed by atoms with Gasteiger partial charge in [-0.1, -0.05) is 12.1 Å². The molecule has 1 aromatic carbocycles. The summed E-state index contributed by atoms with van der Waals surface area (Å²) in [6.45, 7) is -0.274. The predicted octanol–water partition coefficient (Wildman–Crippen LogP) is 3.30. The molecule has 1 aromatic rings. The van der Waals surface area contributed by atoms with Crippen LogP contribution in [0.5, 0.6) is 5.75 Å². The van der Waals surface area contributed by atoms with Crippen LogP contribution in [0.4, 0.5) is 8.78 Å². The van der Waals surface area contributed by atoms with Gasteiger partial charge in [0.25, 0.3) is 5.91 Å². The van der Waals surface area contributed by atoms with E-state index in [0.29, 0.717) is 6.54 Å². The number of alkyl halides is 2. The van der Waals surface area contributed by atoms with Gasteiger partial charge >= 0.3 is 6.61 Å². The van der Waals surface area contributed by atoms with E-state index in [1.807, 2.05) is 6.92 Å². The van der Waals surface area contributed by atoms with Crippen molar-refractivity contribution in [3.8, 4) is 5.75 Å². The molecule has 1 unspecified atom stereocenters. The molecule has 104 valence electrons. The molecule has 1 saturated heterocycles. The van der Waals surface area contributed by atoms with E-state index in [2.05, 4.69) is 4.74 Å². The Morgan fingerprint density at radius 3 is 2.79 bits per heavy atom. The maximum Gasteiger partial charge on any atom is 0.387 e. The number of piperidine rings is 1. The van der Waals surface area contributed by atoms with Crippen molar-refractivity contribution in [3.05, 3.63) is 29.8 Å². The van der Waals surface area contributed by atoms with Gasteiger partial charge in [0.05, 0.1) is 5.56 Å². The number of benzene rings is 1. The number of amides is 1. The van der Waals surface area contributed by atoms with E-state index in [1.165, 1.54) is 12.1 Å². The molecule has 2 rings (SSSR count). The number of rotatable bonds is 3. The highest BCUT2D eigenvalue weighted by Crippen LogP contribution is 2.25. The number of ether oxygens (including phenoxy) is 1. The molecule has 3 nitrogen and oxygen atoms in total. The Morgan fingerprint density at radius 2 is 2.11 bits per heavy atom. The molecular weight excluding hydrogens is 252 g/mol. The van der Waals surface area contributed by atoms with Crippen LogP contribution in [0.3, 0.4) is 0 Å². The van der Waals surface area contributed by atoms with E-state index in [1.54, 1.807) is 17.0 Å². The van der Waals surface area contributed by atoms with Crippen LogP contribution in [0, 0.1) is 0 Å². The van der Waals surface area contributed by atoms with E-state index in [-0.39, 0.29) is 23.3 Å². The normalized spacial score (nSPS) is 19.6. The first-order valence-electron chi connectivity index (χ1n) is 6.44. The average molecular weight is 269 g/mol. The summed E-state index contributed by atoms with van der Waals surface area (Å²) >= 11 is 0. The van der Waals surface area contributed by atoms with Crippen molar-refractivity contribution in [2.45, 2.75) is 38.8 Å². The van der Waals surface area contributed by atoms with Crippen LogP contribution < -0.4 is 4.74 Å². The number of hydrogen-bond acceptors (Lipinski definition) is 2. The molecule has 1 amide bonds. The van der Waals surface area contributed by atoms with Gasteiger partial charge in [0, 0.05) is 12.6 Å². The van der Waals surface area contributed by atoms with Crippen LogP contribution >= 0.6 is 0 Å². The molecule has 0 saturated carbocycles. The smallest absolute Gasteiger partial charge is 0.387 e. The third-order valence-electron chi connectivity index (χ3n) is 3.40. The van der Waals surface area contributed by atoms with Gasteiger partial charge in [-0.2, -0.15) is 8.78 Å². The molecule has 0 bridgehead atoms. The van der Waals surface area contributed by atoms with Crippen molar-refractivity contribution in [1.29, 1.82) is 0 Å². The molecule has 0 aromatic heterocycles. The molecular formula is C14H17F2NO2. The van der Waals surface area contributed by atoms with E-state index in [9.17, 15) is 13.6 Å². The standard InChI is InChI=1S/C14H17F2NO2/c1-10-6-4-5-9-17(10)13(18)11-7-2-3-8-12(11)19-14(15)16/h2-3,7-8,10,14H,4-6,9H2,1H3. The van der Waals surface area contributed by atoms with E-state index in [4.69, 9.17) is 0 Å². The van der Waals surface area contributed by atoms with Crippen molar-refractivity contribution in [2.75, 3.05) is 6.54 Å². The van der Waals surface area contributed by atoms with E-state index >= 15 is 0 Å². The highest BCUT2D eigenvalue weighted by molar-refractivity contribution is 5.97. The quantitative estimate of drug-likeness (QED) is 0.842. The van der Waals surface area contributed by atoms with E-state index in [0.717, 1.165) is 19.3 Å². The van der Waals surface area contributed by atoms with Crippen molar-refractivity contribution in [3.63, 3.8) is 0 Å². The summed E-state index contributed by atoms with van der Waals surface area (Å²) in [6.07, 6.45) is 3.00. The number of para-hydroxylation sites is 1. The maximum absolute atomic E-state index is 12.4. The monoisotopic (exact) mass is 269 g/mol. The molecule has 0 radical (unpaired) electrons. The first kappa shape index (κ1) is 13.8. The minimum atomic E-state index is -2.92. The molecule has 1 atom stereocenters. The first-order valence-corrected chi connectivity index (χ1v) is 6.44. The Hall–Kier alpha value is -1.65. The van der Waals surface area contributed by atoms with Crippen LogP contribution in [0.1, 0.15) is 36.5 Å². The largest absolute Gasteiger partial charge is 0.434 e. The molecule has 1 fully saturated rings. The molecule has 0 spiro atoms. The van der Waals surface area contributed by atoms with Crippen molar-refractivity contribution in [2.24, 2.45) is 0 Å². The lowest BCUT2D eigenvalue weighted by Gasteiger charge is -2.33. The number of carbonyl (C=O) groups is 1. The molecule has 0 N–H and O–H groups in total. The van der Waals surface area contributed by atoms with Crippen LogP contribution in [-0.4, -0.2) is 30.0 Å². The van der Waals surface area contributed by atoms with Gasteiger partial charge in [-0.3, -0.25) is 4.79 Å². The number of halogens is 2.